The van der Waals surface area contributed by atoms with Crippen molar-refractivity contribution in [2.24, 2.45) is 0 Å². The third kappa shape index (κ3) is 4.69. The Kier molecular flexibility index (Phi) is 5.71. The minimum Gasteiger partial charge on any atom is -0.370 e. The molecule has 1 fully saturated rings. The Morgan fingerprint density at radius 2 is 2.04 bits per heavy atom. The van der Waals surface area contributed by atoms with Crippen molar-refractivity contribution in [3.05, 3.63) is 47.6 Å². The maximum Gasteiger partial charge on any atom is 0.226 e. The average molecular weight is 357 g/mol. The van der Waals surface area contributed by atoms with E-state index in [1.165, 1.54) is 0 Å². The van der Waals surface area contributed by atoms with Crippen LogP contribution in [0, 0.1) is 0 Å². The molecule has 3 rings (SSSR count). The molecule has 1 atom stereocenters. The Labute approximate surface area is 154 Å². The number of nitrogens with zero attached hydrogens (tertiary/aromatic N) is 3. The molecule has 1 saturated heterocycles. The van der Waals surface area contributed by atoms with Crippen LogP contribution in [0.1, 0.15) is 57.0 Å². The maximum absolute atomic E-state index is 12.5. The Morgan fingerprint density at radius 1 is 1.27 bits per heavy atom. The molecule has 1 aromatic carbocycles. The summed E-state index contributed by atoms with van der Waals surface area (Å²) in [6.45, 7) is 7.98. The van der Waals surface area contributed by atoms with Crippen molar-refractivity contribution in [3.8, 4) is 0 Å². The summed E-state index contributed by atoms with van der Waals surface area (Å²) < 4.78 is 11.1. The van der Waals surface area contributed by atoms with Crippen LogP contribution < -0.4 is 0 Å². The van der Waals surface area contributed by atoms with E-state index in [0.29, 0.717) is 50.7 Å². The van der Waals surface area contributed by atoms with Crippen LogP contribution in [0.4, 0.5) is 0 Å². The number of aromatic nitrogens is 2. The molecule has 140 valence electrons. The summed E-state index contributed by atoms with van der Waals surface area (Å²) in [6.07, 6.45) is 1.77. The van der Waals surface area contributed by atoms with Gasteiger partial charge in [-0.05, 0) is 12.0 Å². The number of carbonyl (C=O) groups excluding carboxylic acids is 1. The van der Waals surface area contributed by atoms with Crippen LogP contribution >= 0.6 is 0 Å². The summed E-state index contributed by atoms with van der Waals surface area (Å²) in [6, 6.07) is 10.1. The SMILES string of the molecule is CC(C)(C)c1noc(CCCC(=O)N2CCO[C@H](c3ccccc3)C2)n1. The number of rotatable bonds is 5. The molecule has 0 aliphatic carbocycles. The zero-order valence-corrected chi connectivity index (χ0v) is 15.8. The molecule has 6 heteroatoms. The van der Waals surface area contributed by atoms with Crippen LogP contribution in [-0.4, -0.2) is 40.6 Å². The first kappa shape index (κ1) is 18.6. The highest BCUT2D eigenvalue weighted by Gasteiger charge is 2.25. The molecular formula is C20H27N3O3. The van der Waals surface area contributed by atoms with Crippen LogP contribution in [0.2, 0.25) is 0 Å². The first-order chi connectivity index (χ1) is 12.4. The number of hydrogen-bond acceptors (Lipinski definition) is 5. The fourth-order valence-corrected chi connectivity index (χ4v) is 2.96. The Balaban J connectivity index is 1.48. The lowest BCUT2D eigenvalue weighted by atomic mass is 9.96. The molecule has 0 N–H and O–H groups in total. The van der Waals surface area contributed by atoms with Gasteiger partial charge in [0.05, 0.1) is 13.2 Å². The number of benzene rings is 1. The molecule has 0 unspecified atom stereocenters. The molecule has 2 aromatic rings. The van der Waals surface area contributed by atoms with Gasteiger partial charge in [-0.2, -0.15) is 4.98 Å². The Bertz CT molecular complexity index is 721. The van der Waals surface area contributed by atoms with E-state index in [2.05, 4.69) is 10.1 Å². The largest absolute Gasteiger partial charge is 0.370 e. The topological polar surface area (TPSA) is 68.5 Å². The van der Waals surface area contributed by atoms with E-state index in [4.69, 9.17) is 9.26 Å². The smallest absolute Gasteiger partial charge is 0.226 e. The monoisotopic (exact) mass is 357 g/mol. The minimum atomic E-state index is -0.127. The molecule has 0 saturated carbocycles. The van der Waals surface area contributed by atoms with Gasteiger partial charge in [0.15, 0.2) is 5.82 Å². The lowest BCUT2D eigenvalue weighted by Gasteiger charge is -2.33. The van der Waals surface area contributed by atoms with Gasteiger partial charge in [-0.15, -0.1) is 0 Å². The predicted molar refractivity (Wildman–Crippen MR) is 97.7 cm³/mol. The van der Waals surface area contributed by atoms with Crippen molar-refractivity contribution in [1.82, 2.24) is 15.0 Å². The molecule has 1 aliphatic heterocycles. The zero-order valence-electron chi connectivity index (χ0n) is 15.8. The highest BCUT2D eigenvalue weighted by molar-refractivity contribution is 5.76. The summed E-state index contributed by atoms with van der Waals surface area (Å²) in [4.78, 5) is 18.9. The van der Waals surface area contributed by atoms with E-state index in [1.807, 2.05) is 56.0 Å². The first-order valence-electron chi connectivity index (χ1n) is 9.21. The highest BCUT2D eigenvalue weighted by Crippen LogP contribution is 2.23. The summed E-state index contributed by atoms with van der Waals surface area (Å²) in [5, 5.41) is 4.02. The zero-order chi connectivity index (χ0) is 18.6. The van der Waals surface area contributed by atoms with Crippen molar-refractivity contribution >= 4 is 5.91 Å². The quantitative estimate of drug-likeness (QED) is 0.821. The van der Waals surface area contributed by atoms with Crippen molar-refractivity contribution in [3.63, 3.8) is 0 Å². The van der Waals surface area contributed by atoms with Crippen LogP contribution in [0.3, 0.4) is 0 Å². The van der Waals surface area contributed by atoms with Gasteiger partial charge in [-0.25, -0.2) is 0 Å². The number of hydrogen-bond donors (Lipinski definition) is 0. The molecule has 1 amide bonds. The Morgan fingerprint density at radius 3 is 2.73 bits per heavy atom. The average Bonchev–Trinajstić information content (AvgIpc) is 3.12. The second-order valence-electron chi connectivity index (χ2n) is 7.73. The van der Waals surface area contributed by atoms with Gasteiger partial charge in [0.2, 0.25) is 11.8 Å². The molecular weight excluding hydrogens is 330 g/mol. The van der Waals surface area contributed by atoms with Gasteiger partial charge in [0, 0.05) is 24.8 Å². The van der Waals surface area contributed by atoms with Crippen molar-refractivity contribution < 1.29 is 14.1 Å². The van der Waals surface area contributed by atoms with Crippen molar-refractivity contribution in [2.75, 3.05) is 19.7 Å². The second kappa shape index (κ2) is 7.99. The second-order valence-corrected chi connectivity index (χ2v) is 7.73. The molecule has 26 heavy (non-hydrogen) atoms. The molecule has 0 bridgehead atoms. The van der Waals surface area contributed by atoms with Crippen LogP contribution in [-0.2, 0) is 21.4 Å². The fraction of sp³-hybridized carbons (Fsp3) is 0.550. The van der Waals surface area contributed by atoms with Crippen molar-refractivity contribution in [1.29, 1.82) is 0 Å². The van der Waals surface area contributed by atoms with Crippen LogP contribution in [0.15, 0.2) is 34.9 Å². The van der Waals surface area contributed by atoms with E-state index >= 15 is 0 Å². The normalized spacial score (nSPS) is 18.1. The number of morpholine rings is 1. The minimum absolute atomic E-state index is 0.0424. The number of ether oxygens (including phenoxy) is 1. The lowest BCUT2D eigenvalue weighted by molar-refractivity contribution is -0.139. The number of amides is 1. The standard InChI is InChI=1S/C20H27N3O3/c1-20(2,3)19-21-17(26-22-19)10-7-11-18(24)23-12-13-25-16(14-23)15-8-5-4-6-9-15/h4-6,8-9,16H,7,10-14H2,1-3H3/t16-/m0/s1. The molecule has 1 aromatic heterocycles. The summed E-state index contributed by atoms with van der Waals surface area (Å²) in [5.41, 5.74) is 0.989. The summed E-state index contributed by atoms with van der Waals surface area (Å²) in [7, 11) is 0. The van der Waals surface area contributed by atoms with Gasteiger partial charge in [0.25, 0.3) is 0 Å². The van der Waals surface area contributed by atoms with E-state index in [-0.39, 0.29) is 17.4 Å². The van der Waals surface area contributed by atoms with Gasteiger partial charge in [0.1, 0.15) is 6.10 Å². The molecule has 0 spiro atoms. The van der Waals surface area contributed by atoms with Crippen LogP contribution in [0.25, 0.3) is 0 Å². The number of aryl methyl sites for hydroxylation is 1. The maximum atomic E-state index is 12.5. The molecule has 1 aliphatic rings. The van der Waals surface area contributed by atoms with E-state index in [1.54, 1.807) is 0 Å². The third-order valence-corrected chi connectivity index (χ3v) is 4.51. The van der Waals surface area contributed by atoms with Gasteiger partial charge < -0.3 is 14.2 Å². The van der Waals surface area contributed by atoms with Crippen LogP contribution in [0.5, 0.6) is 0 Å². The van der Waals surface area contributed by atoms with Gasteiger partial charge in [-0.1, -0.05) is 56.3 Å². The van der Waals surface area contributed by atoms with E-state index in [9.17, 15) is 4.79 Å². The molecule has 0 radical (unpaired) electrons. The van der Waals surface area contributed by atoms with Crippen molar-refractivity contribution in [2.45, 2.75) is 51.6 Å². The number of carbonyl (C=O) groups is 1. The first-order valence-corrected chi connectivity index (χ1v) is 9.21. The van der Waals surface area contributed by atoms with E-state index < -0.39 is 0 Å². The fourth-order valence-electron chi connectivity index (χ4n) is 2.96. The van der Waals surface area contributed by atoms with Gasteiger partial charge >= 0.3 is 0 Å². The molecule has 6 nitrogen and oxygen atoms in total. The summed E-state index contributed by atoms with van der Waals surface area (Å²) >= 11 is 0. The third-order valence-electron chi connectivity index (χ3n) is 4.51. The summed E-state index contributed by atoms with van der Waals surface area (Å²) in [5.74, 6) is 1.47. The highest BCUT2D eigenvalue weighted by atomic mass is 16.5. The van der Waals surface area contributed by atoms with E-state index in [0.717, 1.165) is 5.56 Å². The molecule has 2 heterocycles. The predicted octanol–water partition coefficient (Wildman–Crippen LogP) is 3.29. The van der Waals surface area contributed by atoms with Gasteiger partial charge in [-0.3, -0.25) is 4.79 Å². The Hall–Kier alpha value is -2.21. The lowest BCUT2D eigenvalue weighted by Crippen LogP contribution is -2.42.